The first-order valence-corrected chi connectivity index (χ1v) is 7.60. The second-order valence-electron chi connectivity index (χ2n) is 3.83. The Labute approximate surface area is 103 Å². The lowest BCUT2D eigenvalue weighted by Crippen LogP contribution is -2.43. The van der Waals surface area contributed by atoms with Crippen LogP contribution in [0.2, 0.25) is 6.04 Å². The Kier molecular flexibility index (Phi) is 5.83. The number of hydrogen-bond acceptors (Lipinski definition) is 5. The van der Waals surface area contributed by atoms with Crippen LogP contribution < -0.4 is 0 Å². The van der Waals surface area contributed by atoms with Gasteiger partial charge in [-0.05, 0) is 18.9 Å². The van der Waals surface area contributed by atoms with E-state index in [1.54, 1.807) is 0 Å². The van der Waals surface area contributed by atoms with Crippen molar-refractivity contribution in [1.29, 1.82) is 0 Å². The second kappa shape index (κ2) is 6.90. The fourth-order valence-corrected chi connectivity index (χ4v) is 3.36. The van der Waals surface area contributed by atoms with Crippen molar-refractivity contribution < 1.29 is 22.8 Å². The molecule has 0 saturated carbocycles. The molecule has 98 valence electrons. The van der Waals surface area contributed by atoms with Crippen molar-refractivity contribution in [1.82, 2.24) is 0 Å². The third kappa shape index (κ3) is 4.23. The van der Waals surface area contributed by atoms with Gasteiger partial charge in [-0.2, -0.15) is 0 Å². The van der Waals surface area contributed by atoms with Gasteiger partial charge in [0.2, 0.25) is 0 Å². The molecule has 0 radical (unpaired) electrons. The topological polar surface area (TPSA) is 54.0 Å². The Balaban J connectivity index is 2.33. The monoisotopic (exact) mass is 260 g/mol. The van der Waals surface area contributed by atoms with E-state index < -0.39 is 8.80 Å². The molecule has 1 aliphatic rings. The lowest BCUT2D eigenvalue weighted by atomic mass is 10.3. The molecule has 1 rings (SSSR count). The summed E-state index contributed by atoms with van der Waals surface area (Å²) in [5.74, 6) is -0.232. The molecular weight excluding hydrogens is 240 g/mol. The number of rotatable bonds is 7. The number of ether oxygens (including phenoxy) is 1. The Hall–Kier alpha value is -0.693. The second-order valence-corrected chi connectivity index (χ2v) is 6.92. The molecule has 0 amide bonds. The van der Waals surface area contributed by atoms with Crippen LogP contribution in [0.5, 0.6) is 0 Å². The lowest BCUT2D eigenvalue weighted by Gasteiger charge is -2.24. The van der Waals surface area contributed by atoms with Gasteiger partial charge in [0.25, 0.3) is 0 Å². The highest BCUT2D eigenvalue weighted by Gasteiger charge is 2.38. The number of hydrogen-bond donors (Lipinski definition) is 0. The number of carbonyl (C=O) groups is 1. The SMILES string of the molecule is CO[Si](CCC(=O)OC1C=CCC1)(OC)OC. The van der Waals surface area contributed by atoms with Crippen LogP contribution in [-0.4, -0.2) is 42.2 Å². The maximum atomic E-state index is 11.6. The number of esters is 1. The third-order valence-corrected chi connectivity index (χ3v) is 5.55. The summed E-state index contributed by atoms with van der Waals surface area (Å²) in [5.41, 5.74) is 0. The molecule has 0 aromatic rings. The molecule has 0 heterocycles. The van der Waals surface area contributed by atoms with Crippen molar-refractivity contribution in [2.75, 3.05) is 21.3 Å². The molecule has 0 N–H and O–H groups in total. The summed E-state index contributed by atoms with van der Waals surface area (Å²) in [6.45, 7) is 0. The molecule has 1 unspecified atom stereocenters. The van der Waals surface area contributed by atoms with E-state index in [0.29, 0.717) is 6.04 Å². The standard InChI is InChI=1S/C11H20O5Si/c1-13-17(14-2,15-3)9-8-11(12)16-10-6-4-5-7-10/h4,6,10H,5,7-9H2,1-3H3. The molecule has 0 fully saturated rings. The first kappa shape index (κ1) is 14.4. The zero-order chi connectivity index (χ0) is 12.7. The smallest absolute Gasteiger partial charge is 0.458 e. The first-order chi connectivity index (χ1) is 8.15. The number of carbonyl (C=O) groups excluding carboxylic acids is 1. The summed E-state index contributed by atoms with van der Waals surface area (Å²) < 4.78 is 21.0. The van der Waals surface area contributed by atoms with Gasteiger partial charge in [-0.1, -0.05) is 6.08 Å². The molecule has 0 aliphatic heterocycles. The Bertz CT molecular complexity index is 267. The van der Waals surface area contributed by atoms with Gasteiger partial charge in [-0.3, -0.25) is 4.79 Å². The molecule has 5 nitrogen and oxygen atoms in total. The highest BCUT2D eigenvalue weighted by Crippen LogP contribution is 2.18. The average Bonchev–Trinajstić information content (AvgIpc) is 2.84. The van der Waals surface area contributed by atoms with Crippen LogP contribution in [0.15, 0.2) is 12.2 Å². The van der Waals surface area contributed by atoms with E-state index >= 15 is 0 Å². The van der Waals surface area contributed by atoms with Crippen LogP contribution in [0.25, 0.3) is 0 Å². The van der Waals surface area contributed by atoms with E-state index in [4.69, 9.17) is 18.0 Å². The van der Waals surface area contributed by atoms with Gasteiger partial charge in [0.05, 0.1) is 0 Å². The van der Waals surface area contributed by atoms with Crippen molar-refractivity contribution >= 4 is 14.8 Å². The van der Waals surface area contributed by atoms with Crippen molar-refractivity contribution in [2.24, 2.45) is 0 Å². The number of allylic oxidation sites excluding steroid dienone is 1. The van der Waals surface area contributed by atoms with Gasteiger partial charge in [0, 0.05) is 33.8 Å². The van der Waals surface area contributed by atoms with Crippen LogP contribution >= 0.6 is 0 Å². The van der Waals surface area contributed by atoms with Gasteiger partial charge < -0.3 is 18.0 Å². The van der Waals surface area contributed by atoms with Gasteiger partial charge in [0.15, 0.2) is 0 Å². The summed E-state index contributed by atoms with van der Waals surface area (Å²) in [5, 5.41) is 0. The molecule has 1 aliphatic carbocycles. The molecule has 0 bridgehead atoms. The summed E-state index contributed by atoms with van der Waals surface area (Å²) in [6, 6.07) is 0.436. The molecular formula is C11H20O5Si. The van der Waals surface area contributed by atoms with Gasteiger partial charge >= 0.3 is 14.8 Å². The molecule has 1 atom stereocenters. The Morgan fingerprint density at radius 1 is 1.29 bits per heavy atom. The van der Waals surface area contributed by atoms with Crippen LogP contribution in [0.4, 0.5) is 0 Å². The quantitative estimate of drug-likeness (QED) is 0.394. The van der Waals surface area contributed by atoms with E-state index in [2.05, 4.69) is 0 Å². The van der Waals surface area contributed by atoms with Crippen molar-refractivity contribution in [3.63, 3.8) is 0 Å². The molecule has 17 heavy (non-hydrogen) atoms. The minimum absolute atomic E-state index is 0.0637. The van der Waals surface area contributed by atoms with Crippen LogP contribution in [0.3, 0.4) is 0 Å². The van der Waals surface area contributed by atoms with E-state index in [1.807, 2.05) is 12.2 Å². The van der Waals surface area contributed by atoms with E-state index in [-0.39, 0.29) is 18.5 Å². The van der Waals surface area contributed by atoms with Crippen LogP contribution in [0, 0.1) is 0 Å². The van der Waals surface area contributed by atoms with E-state index in [1.165, 1.54) is 21.3 Å². The average molecular weight is 260 g/mol. The molecule has 0 saturated heterocycles. The maximum Gasteiger partial charge on any atom is 0.500 e. The molecule has 6 heteroatoms. The Morgan fingerprint density at radius 3 is 2.41 bits per heavy atom. The van der Waals surface area contributed by atoms with Crippen molar-refractivity contribution in [2.45, 2.75) is 31.4 Å². The summed E-state index contributed by atoms with van der Waals surface area (Å²) in [6.07, 6.45) is 6.00. The highest BCUT2D eigenvalue weighted by molar-refractivity contribution is 6.60. The molecule has 0 aromatic carbocycles. The zero-order valence-electron chi connectivity index (χ0n) is 10.6. The fraction of sp³-hybridized carbons (Fsp3) is 0.727. The summed E-state index contributed by atoms with van der Waals surface area (Å²) >= 11 is 0. The highest BCUT2D eigenvalue weighted by atomic mass is 28.4. The van der Waals surface area contributed by atoms with E-state index in [0.717, 1.165) is 12.8 Å². The maximum absolute atomic E-state index is 11.6. The van der Waals surface area contributed by atoms with E-state index in [9.17, 15) is 4.79 Å². The van der Waals surface area contributed by atoms with Crippen molar-refractivity contribution in [3.05, 3.63) is 12.2 Å². The zero-order valence-corrected chi connectivity index (χ0v) is 11.6. The van der Waals surface area contributed by atoms with Gasteiger partial charge in [-0.15, -0.1) is 0 Å². The summed E-state index contributed by atoms with van der Waals surface area (Å²) in [7, 11) is 1.94. The predicted molar refractivity (Wildman–Crippen MR) is 64.5 cm³/mol. The minimum Gasteiger partial charge on any atom is -0.458 e. The first-order valence-electron chi connectivity index (χ1n) is 5.67. The molecule has 0 spiro atoms. The summed E-state index contributed by atoms with van der Waals surface area (Å²) in [4.78, 5) is 11.6. The Morgan fingerprint density at radius 2 is 1.94 bits per heavy atom. The minimum atomic E-state index is -2.65. The fourth-order valence-electron chi connectivity index (χ4n) is 1.74. The van der Waals surface area contributed by atoms with Crippen LogP contribution in [0.1, 0.15) is 19.3 Å². The largest absolute Gasteiger partial charge is 0.500 e. The van der Waals surface area contributed by atoms with Gasteiger partial charge in [-0.25, -0.2) is 0 Å². The third-order valence-electron chi connectivity index (χ3n) is 2.82. The van der Waals surface area contributed by atoms with Crippen LogP contribution in [-0.2, 0) is 22.8 Å². The normalized spacial score (nSPS) is 19.6. The predicted octanol–water partition coefficient (Wildman–Crippen LogP) is 1.52. The van der Waals surface area contributed by atoms with Gasteiger partial charge in [0.1, 0.15) is 6.10 Å². The van der Waals surface area contributed by atoms with Crippen molar-refractivity contribution in [3.8, 4) is 0 Å². The lowest BCUT2D eigenvalue weighted by molar-refractivity contribution is -0.146. The molecule has 0 aromatic heterocycles.